The first-order chi connectivity index (χ1) is 13.1. The van der Waals surface area contributed by atoms with Crippen LogP contribution >= 0.6 is 0 Å². The average molecular weight is 388 g/mol. The van der Waals surface area contributed by atoms with E-state index in [1.165, 1.54) is 30.2 Å². The van der Waals surface area contributed by atoms with E-state index in [-0.39, 0.29) is 11.3 Å². The molecule has 0 aliphatic carbocycles. The van der Waals surface area contributed by atoms with Crippen LogP contribution in [-0.4, -0.2) is 53.3 Å². The molecule has 28 heavy (non-hydrogen) atoms. The first-order valence-corrected chi connectivity index (χ1v) is 8.84. The molecule has 150 valence electrons. The summed E-state index contributed by atoms with van der Waals surface area (Å²) in [6.07, 6.45) is 0.965. The van der Waals surface area contributed by atoms with Crippen molar-refractivity contribution in [1.29, 1.82) is 0 Å². The molecular weight excluding hydrogens is 364 g/mol. The molecule has 0 aromatic heterocycles. The largest absolute Gasteiger partial charge is 0.495 e. The number of amides is 2. The lowest BCUT2D eigenvalue weighted by Crippen LogP contribution is -2.39. The van der Waals surface area contributed by atoms with E-state index >= 15 is 0 Å². The molecule has 1 aromatic rings. The maximum Gasteiger partial charge on any atom is 0.411 e. The van der Waals surface area contributed by atoms with Crippen molar-refractivity contribution in [1.82, 2.24) is 4.90 Å². The number of rotatable bonds is 3. The van der Waals surface area contributed by atoms with Crippen LogP contribution in [0.4, 0.5) is 10.5 Å². The van der Waals surface area contributed by atoms with Gasteiger partial charge in [0.05, 0.1) is 24.4 Å². The molecule has 1 saturated heterocycles. The third-order valence-electron chi connectivity index (χ3n) is 3.93. The first kappa shape index (κ1) is 21.1. The van der Waals surface area contributed by atoms with Crippen molar-refractivity contribution in [2.45, 2.75) is 45.3 Å². The fourth-order valence-corrected chi connectivity index (χ4v) is 2.70. The molecule has 1 aromatic carbocycles. The molecule has 1 heterocycles. The zero-order valence-corrected chi connectivity index (χ0v) is 16.4. The fourth-order valence-electron chi connectivity index (χ4n) is 2.70. The molecule has 2 amide bonds. The van der Waals surface area contributed by atoms with Gasteiger partial charge in [0.2, 0.25) is 0 Å². The maximum absolute atomic E-state index is 12.3. The van der Waals surface area contributed by atoms with E-state index in [0.717, 1.165) is 6.42 Å². The number of aromatic carboxylic acids is 1. The molecule has 8 nitrogen and oxygen atoms in total. The van der Waals surface area contributed by atoms with Gasteiger partial charge in [0.25, 0.3) is 5.91 Å². The number of nitrogens with one attached hydrogen (secondary N) is 1. The number of methoxy groups -OCH3 is 1. The Bertz CT molecular complexity index is 831. The van der Waals surface area contributed by atoms with Crippen LogP contribution in [0.3, 0.4) is 0 Å². The number of nitrogens with zero attached hydrogens (tertiary/aromatic N) is 1. The van der Waals surface area contributed by atoms with Crippen LogP contribution in [0, 0.1) is 11.8 Å². The number of carbonyl (C=O) groups is 3. The number of benzene rings is 1. The van der Waals surface area contributed by atoms with Crippen LogP contribution in [0.1, 0.15) is 44.0 Å². The molecule has 1 aliphatic rings. The molecule has 0 saturated carbocycles. The summed E-state index contributed by atoms with van der Waals surface area (Å²) in [4.78, 5) is 37.1. The molecular formula is C20H24N2O6. The summed E-state index contributed by atoms with van der Waals surface area (Å²) in [5.41, 5.74) is -0.395. The summed E-state index contributed by atoms with van der Waals surface area (Å²) in [6.45, 7) is 5.87. The zero-order valence-electron chi connectivity index (χ0n) is 16.4. The number of carboxylic acid groups (broad SMARTS) is 1. The molecule has 1 fully saturated rings. The summed E-state index contributed by atoms with van der Waals surface area (Å²) in [5.74, 6) is 3.83. The van der Waals surface area contributed by atoms with E-state index < -0.39 is 29.6 Å². The maximum atomic E-state index is 12.3. The highest BCUT2D eigenvalue weighted by Gasteiger charge is 2.31. The first-order valence-electron chi connectivity index (χ1n) is 8.84. The SMILES string of the molecule is COc1ccc(C(=O)O)cc1NC(=O)C#CC1CCCN1C(=O)OC(C)(C)C. The van der Waals surface area contributed by atoms with E-state index in [0.29, 0.717) is 18.7 Å². The van der Waals surface area contributed by atoms with Gasteiger partial charge < -0.3 is 19.9 Å². The van der Waals surface area contributed by atoms with Crippen molar-refractivity contribution in [3.05, 3.63) is 23.8 Å². The zero-order chi connectivity index (χ0) is 20.9. The Morgan fingerprint density at radius 2 is 2.00 bits per heavy atom. The van der Waals surface area contributed by atoms with Gasteiger partial charge in [0.15, 0.2) is 0 Å². The monoisotopic (exact) mass is 388 g/mol. The second kappa shape index (κ2) is 8.65. The molecule has 0 spiro atoms. The number of anilines is 1. The quantitative estimate of drug-likeness (QED) is 0.772. The molecule has 0 bridgehead atoms. The van der Waals surface area contributed by atoms with Crippen LogP contribution < -0.4 is 10.1 Å². The lowest BCUT2D eigenvalue weighted by molar-refractivity contribution is -0.111. The Labute approximate surface area is 163 Å². The summed E-state index contributed by atoms with van der Waals surface area (Å²) >= 11 is 0. The fraction of sp³-hybridized carbons (Fsp3) is 0.450. The minimum atomic E-state index is -1.12. The van der Waals surface area contributed by atoms with Gasteiger partial charge in [0.1, 0.15) is 11.4 Å². The minimum absolute atomic E-state index is 0.0101. The lowest BCUT2D eigenvalue weighted by atomic mass is 10.2. The third kappa shape index (κ3) is 5.64. The normalized spacial score (nSPS) is 16.0. The Balaban J connectivity index is 2.10. The standard InChI is InChI=1S/C20H24N2O6/c1-20(2,3)28-19(26)22-11-5-6-14(22)8-10-17(23)21-15-12-13(18(24)25)7-9-16(15)27-4/h7,9,12,14H,5-6,11H2,1-4H3,(H,21,23)(H,24,25). The van der Waals surface area contributed by atoms with Crippen molar-refractivity contribution in [3.8, 4) is 17.6 Å². The smallest absolute Gasteiger partial charge is 0.411 e. The van der Waals surface area contributed by atoms with Crippen molar-refractivity contribution >= 4 is 23.7 Å². The van der Waals surface area contributed by atoms with Crippen molar-refractivity contribution < 1.29 is 29.0 Å². The van der Waals surface area contributed by atoms with Crippen LogP contribution in [0.15, 0.2) is 18.2 Å². The topological polar surface area (TPSA) is 105 Å². The van der Waals surface area contributed by atoms with Gasteiger partial charge in [0, 0.05) is 6.54 Å². The van der Waals surface area contributed by atoms with Gasteiger partial charge in [-0.3, -0.25) is 9.69 Å². The highest BCUT2D eigenvalue weighted by molar-refractivity contribution is 6.05. The molecule has 1 aliphatic heterocycles. The van der Waals surface area contributed by atoms with Gasteiger partial charge in [-0.2, -0.15) is 0 Å². The van der Waals surface area contributed by atoms with E-state index in [4.69, 9.17) is 14.6 Å². The van der Waals surface area contributed by atoms with E-state index in [1.807, 2.05) is 0 Å². The summed E-state index contributed by atoms with van der Waals surface area (Å²) in [5, 5.41) is 11.6. The van der Waals surface area contributed by atoms with Crippen molar-refractivity contribution in [2.24, 2.45) is 0 Å². The van der Waals surface area contributed by atoms with Gasteiger partial charge >= 0.3 is 12.1 Å². The van der Waals surface area contributed by atoms with Crippen LogP contribution in [0.25, 0.3) is 0 Å². The number of hydrogen-bond acceptors (Lipinski definition) is 5. The van der Waals surface area contributed by atoms with Gasteiger partial charge in [-0.15, -0.1) is 0 Å². The predicted octanol–water partition coefficient (Wildman–Crippen LogP) is 2.73. The highest BCUT2D eigenvalue weighted by Crippen LogP contribution is 2.25. The molecule has 2 rings (SSSR count). The lowest BCUT2D eigenvalue weighted by Gasteiger charge is -2.26. The number of carbonyl (C=O) groups excluding carboxylic acids is 2. The molecule has 1 unspecified atom stereocenters. The second-order valence-corrected chi connectivity index (χ2v) is 7.28. The van der Waals surface area contributed by atoms with Crippen molar-refractivity contribution in [3.63, 3.8) is 0 Å². The number of likely N-dealkylation sites (tertiary alicyclic amines) is 1. The van der Waals surface area contributed by atoms with Gasteiger partial charge in [-0.1, -0.05) is 5.92 Å². The molecule has 2 N–H and O–H groups in total. The van der Waals surface area contributed by atoms with Crippen molar-refractivity contribution in [2.75, 3.05) is 19.0 Å². The number of ether oxygens (including phenoxy) is 2. The van der Waals surface area contributed by atoms with Crippen LogP contribution in [0.5, 0.6) is 5.75 Å². The highest BCUT2D eigenvalue weighted by atomic mass is 16.6. The predicted molar refractivity (Wildman–Crippen MR) is 102 cm³/mol. The number of carboxylic acids is 1. The van der Waals surface area contributed by atoms with E-state index in [9.17, 15) is 14.4 Å². The summed E-state index contributed by atoms with van der Waals surface area (Å²) < 4.78 is 10.5. The summed E-state index contributed by atoms with van der Waals surface area (Å²) in [6, 6.07) is 3.71. The molecule has 1 atom stereocenters. The van der Waals surface area contributed by atoms with E-state index in [2.05, 4.69) is 17.2 Å². The van der Waals surface area contributed by atoms with Crippen LogP contribution in [0.2, 0.25) is 0 Å². The molecule has 0 radical (unpaired) electrons. The Morgan fingerprint density at radius 3 is 2.61 bits per heavy atom. The van der Waals surface area contributed by atoms with Gasteiger partial charge in [-0.05, 0) is 57.7 Å². The van der Waals surface area contributed by atoms with Gasteiger partial charge in [-0.25, -0.2) is 9.59 Å². The number of hydrogen-bond donors (Lipinski definition) is 2. The minimum Gasteiger partial charge on any atom is -0.495 e. The third-order valence-corrected chi connectivity index (χ3v) is 3.93. The van der Waals surface area contributed by atoms with E-state index in [1.54, 1.807) is 20.8 Å². The Morgan fingerprint density at radius 1 is 1.29 bits per heavy atom. The Hall–Kier alpha value is -3.21. The second-order valence-electron chi connectivity index (χ2n) is 7.28. The van der Waals surface area contributed by atoms with Crippen LogP contribution in [-0.2, 0) is 9.53 Å². The average Bonchev–Trinajstić information content (AvgIpc) is 3.07. The summed E-state index contributed by atoms with van der Waals surface area (Å²) in [7, 11) is 1.41. The Kier molecular flexibility index (Phi) is 6.52. The molecule has 8 heteroatoms.